The summed E-state index contributed by atoms with van der Waals surface area (Å²) in [5, 5.41) is 32.7. The summed E-state index contributed by atoms with van der Waals surface area (Å²) >= 11 is 1.53. The molecule has 0 bridgehead atoms. The molecule has 1 fully saturated rings. The number of aliphatic hydroxyl groups is 1. The maximum Gasteiger partial charge on any atom is 0.405 e. The van der Waals surface area contributed by atoms with Crippen LogP contribution in [0.3, 0.4) is 0 Å². The molecule has 4 rings (SSSR count). The van der Waals surface area contributed by atoms with Gasteiger partial charge in [0.25, 0.3) is 0 Å². The Morgan fingerprint density at radius 3 is 1.96 bits per heavy atom. The number of urea groups is 1. The molecule has 0 saturated carbocycles. The number of hydrogen-bond acceptors (Lipinski definition) is 7. The zero-order chi connectivity index (χ0) is 38.2. The molecule has 5 atom stereocenters. The number of nitrogens with zero attached hydrogens (tertiary/aromatic N) is 3. The third-order valence-electron chi connectivity index (χ3n) is 9.21. The number of carbonyl (C=O) groups is 4. The van der Waals surface area contributed by atoms with E-state index >= 15 is 0 Å². The first-order valence-corrected chi connectivity index (χ1v) is 18.6. The van der Waals surface area contributed by atoms with Crippen LogP contribution in [0.4, 0.5) is 9.59 Å². The smallest absolute Gasteiger partial charge is 0.405 e. The summed E-state index contributed by atoms with van der Waals surface area (Å²) in [6.45, 7) is 14.2. The Kier molecular flexibility index (Phi) is 13.4. The fraction of sp³-hybridized carbons (Fsp3) is 0.513. The van der Waals surface area contributed by atoms with Crippen LogP contribution in [0.25, 0.3) is 0 Å². The lowest BCUT2D eigenvalue weighted by atomic mass is 9.84. The van der Waals surface area contributed by atoms with E-state index in [2.05, 4.69) is 20.9 Å². The van der Waals surface area contributed by atoms with E-state index in [1.165, 1.54) is 11.3 Å². The highest BCUT2D eigenvalue weighted by atomic mass is 32.1. The van der Waals surface area contributed by atoms with Crippen molar-refractivity contribution in [3.05, 3.63) is 87.9 Å². The first kappa shape index (κ1) is 40.3. The van der Waals surface area contributed by atoms with Gasteiger partial charge in [0.1, 0.15) is 12.1 Å². The third-order valence-corrected chi connectivity index (χ3v) is 10.0. The molecule has 5 N–H and O–H groups in total. The van der Waals surface area contributed by atoms with Crippen LogP contribution in [-0.4, -0.2) is 92.3 Å². The van der Waals surface area contributed by atoms with Crippen LogP contribution in [0.15, 0.2) is 66.0 Å². The Morgan fingerprint density at radius 1 is 0.846 bits per heavy atom. The monoisotopic (exact) mass is 734 g/mol. The van der Waals surface area contributed by atoms with Crippen molar-refractivity contribution in [2.24, 2.45) is 10.8 Å². The van der Waals surface area contributed by atoms with Gasteiger partial charge in [-0.15, -0.1) is 11.3 Å². The Labute approximate surface area is 311 Å². The third kappa shape index (κ3) is 11.3. The van der Waals surface area contributed by atoms with Crippen molar-refractivity contribution >= 4 is 35.3 Å². The van der Waals surface area contributed by atoms with E-state index in [4.69, 9.17) is 0 Å². The number of rotatable bonds is 15. The molecule has 2 heterocycles. The van der Waals surface area contributed by atoms with Crippen LogP contribution in [0.5, 0.6) is 0 Å². The number of aromatic nitrogens is 1. The number of nitrogens with one attached hydrogen (secondary N) is 3. The summed E-state index contributed by atoms with van der Waals surface area (Å²) in [4.78, 5) is 61.2. The fourth-order valence-corrected chi connectivity index (χ4v) is 7.31. The van der Waals surface area contributed by atoms with Gasteiger partial charge >= 0.3 is 12.1 Å². The van der Waals surface area contributed by atoms with E-state index in [0.29, 0.717) is 26.1 Å². The van der Waals surface area contributed by atoms with Gasteiger partial charge in [-0.25, -0.2) is 14.6 Å². The van der Waals surface area contributed by atoms with Crippen LogP contribution in [0.2, 0.25) is 0 Å². The van der Waals surface area contributed by atoms with Gasteiger partial charge < -0.3 is 36.0 Å². The van der Waals surface area contributed by atoms with Crippen LogP contribution in [-0.2, 0) is 29.0 Å². The second-order valence-corrected chi connectivity index (χ2v) is 16.8. The highest BCUT2D eigenvalue weighted by Crippen LogP contribution is 2.29. The fourth-order valence-electron chi connectivity index (χ4n) is 6.71. The molecule has 52 heavy (non-hydrogen) atoms. The van der Waals surface area contributed by atoms with Gasteiger partial charge in [0.15, 0.2) is 0 Å². The summed E-state index contributed by atoms with van der Waals surface area (Å²) in [5.74, 6) is -0.890. The first-order valence-electron chi connectivity index (χ1n) is 17.7. The average Bonchev–Trinajstić information content (AvgIpc) is 3.63. The number of amides is 5. The Hall–Kier alpha value is -4.49. The summed E-state index contributed by atoms with van der Waals surface area (Å²) < 4.78 is 0. The van der Waals surface area contributed by atoms with Crippen molar-refractivity contribution in [3.8, 4) is 0 Å². The molecule has 1 aromatic heterocycles. The number of hydrogen-bond donors (Lipinski definition) is 5. The minimum atomic E-state index is -1.33. The summed E-state index contributed by atoms with van der Waals surface area (Å²) in [5.41, 5.74) is 1.25. The van der Waals surface area contributed by atoms with Gasteiger partial charge in [-0.1, -0.05) is 102 Å². The lowest BCUT2D eigenvalue weighted by Gasteiger charge is -2.38. The molecule has 0 unspecified atom stereocenters. The van der Waals surface area contributed by atoms with Gasteiger partial charge in [0.05, 0.1) is 29.4 Å². The van der Waals surface area contributed by atoms with Crippen LogP contribution in [0.1, 0.15) is 69.8 Å². The maximum absolute atomic E-state index is 14.4. The minimum absolute atomic E-state index is 0.0745. The lowest BCUT2D eigenvalue weighted by Crippen LogP contribution is -2.59. The molecule has 5 amide bonds. The highest BCUT2D eigenvalue weighted by Gasteiger charge is 2.44. The van der Waals surface area contributed by atoms with Crippen LogP contribution < -0.4 is 16.0 Å². The molecule has 0 aliphatic carbocycles. The summed E-state index contributed by atoms with van der Waals surface area (Å²) in [6.07, 6.45) is -1.73. The number of benzene rings is 2. The molecule has 0 spiro atoms. The zero-order valence-corrected chi connectivity index (χ0v) is 32.1. The van der Waals surface area contributed by atoms with Gasteiger partial charge in [0, 0.05) is 24.5 Å². The van der Waals surface area contributed by atoms with Crippen molar-refractivity contribution in [1.82, 2.24) is 30.7 Å². The van der Waals surface area contributed by atoms with E-state index in [-0.39, 0.29) is 24.8 Å². The largest absolute Gasteiger partial charge is 0.465 e. The SMILES string of the molecule is Cc1nc(CN2CCN([C@H](C(=O)N[C@@H](Cc3ccccc3)C[C@H](O)[C@H](Cc3ccccc3)NC(=O)[C@@H](NC(=O)O)C(C)(C)C)C(C)(C)C)C2=O)cs1. The molecule has 1 aliphatic heterocycles. The predicted molar refractivity (Wildman–Crippen MR) is 202 cm³/mol. The van der Waals surface area contributed by atoms with Crippen LogP contribution >= 0.6 is 11.3 Å². The molecule has 1 aliphatic rings. The Morgan fingerprint density at radius 2 is 1.44 bits per heavy atom. The van der Waals surface area contributed by atoms with Crippen molar-refractivity contribution < 1.29 is 29.4 Å². The highest BCUT2D eigenvalue weighted by molar-refractivity contribution is 7.09. The number of carboxylic acid groups (broad SMARTS) is 1. The molecule has 282 valence electrons. The summed E-state index contributed by atoms with van der Waals surface area (Å²) in [6, 6.07) is 15.5. The molecule has 12 nitrogen and oxygen atoms in total. The van der Waals surface area contributed by atoms with Gasteiger partial charge in [-0.05, 0) is 48.1 Å². The van der Waals surface area contributed by atoms with E-state index in [9.17, 15) is 29.4 Å². The van der Waals surface area contributed by atoms with Crippen LogP contribution in [0, 0.1) is 17.8 Å². The number of aryl methyl sites for hydroxylation is 1. The maximum atomic E-state index is 14.4. The first-order chi connectivity index (χ1) is 24.4. The molecule has 1 saturated heterocycles. The van der Waals surface area contributed by atoms with Gasteiger partial charge in [-0.2, -0.15) is 0 Å². The van der Waals surface area contributed by atoms with E-state index in [1.807, 2.05) is 93.7 Å². The quantitative estimate of drug-likeness (QED) is 0.147. The molecular formula is C39H54N6O6S. The van der Waals surface area contributed by atoms with E-state index in [1.54, 1.807) is 30.6 Å². The van der Waals surface area contributed by atoms with Crippen molar-refractivity contribution in [2.75, 3.05) is 13.1 Å². The second-order valence-electron chi connectivity index (χ2n) is 15.8. The number of aliphatic hydroxyl groups excluding tert-OH is 1. The minimum Gasteiger partial charge on any atom is -0.465 e. The Balaban J connectivity index is 1.59. The standard InChI is InChI=1S/C39H54N6O6S/c1-25-40-29(24-52-25)23-44-18-19-45(37(44)51)33(39(5,6)7)35(48)41-28(20-26-14-10-8-11-15-26)22-31(46)30(21-27-16-12-9-13-17-27)42-34(47)32(38(2,3)4)43-36(49)50/h8-17,24,28,30-33,43,46H,18-23H2,1-7H3,(H,41,48)(H,42,47)(H,49,50)/t28-,30-,31-,32+,33+/m0/s1. The number of thiazole rings is 1. The van der Waals surface area contributed by atoms with Gasteiger partial charge in [-0.3, -0.25) is 9.59 Å². The molecular weight excluding hydrogens is 681 g/mol. The van der Waals surface area contributed by atoms with Crippen molar-refractivity contribution in [3.63, 3.8) is 0 Å². The lowest BCUT2D eigenvalue weighted by molar-refractivity contribution is -0.130. The molecule has 13 heteroatoms. The molecule has 2 aromatic carbocycles. The second kappa shape index (κ2) is 17.4. The van der Waals surface area contributed by atoms with Crippen molar-refractivity contribution in [1.29, 1.82) is 0 Å². The van der Waals surface area contributed by atoms with E-state index < -0.39 is 53.1 Å². The predicted octanol–water partition coefficient (Wildman–Crippen LogP) is 4.99. The normalized spacial score (nSPS) is 16.5. The van der Waals surface area contributed by atoms with Gasteiger partial charge in [0.2, 0.25) is 11.8 Å². The van der Waals surface area contributed by atoms with E-state index in [0.717, 1.165) is 21.8 Å². The number of carbonyl (C=O) groups excluding carboxylic acids is 3. The zero-order valence-electron chi connectivity index (χ0n) is 31.3. The Bertz CT molecular complexity index is 1650. The molecule has 3 aromatic rings. The molecule has 0 radical (unpaired) electrons. The average molecular weight is 735 g/mol. The summed E-state index contributed by atoms with van der Waals surface area (Å²) in [7, 11) is 0. The van der Waals surface area contributed by atoms with Crippen molar-refractivity contribution in [2.45, 2.75) is 105 Å². The topological polar surface area (TPSA) is 164 Å².